The van der Waals surface area contributed by atoms with Gasteiger partial charge in [0.05, 0.1) is 0 Å². The Bertz CT molecular complexity index is 108. The summed E-state index contributed by atoms with van der Waals surface area (Å²) < 4.78 is 0. The Labute approximate surface area is 85.1 Å². The summed E-state index contributed by atoms with van der Waals surface area (Å²) in [6.07, 6.45) is 8.42. The summed E-state index contributed by atoms with van der Waals surface area (Å²) in [5, 5.41) is 0. The summed E-state index contributed by atoms with van der Waals surface area (Å²) in [4.78, 5) is 0. The minimum atomic E-state index is 0.527. The van der Waals surface area contributed by atoms with E-state index in [1.807, 2.05) is 0 Å². The molecular weight excluding hydrogens is 156 g/mol. The van der Waals surface area contributed by atoms with Crippen molar-refractivity contribution in [3.8, 4) is 0 Å². The lowest BCUT2D eigenvalue weighted by atomic mass is 9.86. The fourth-order valence-electron chi connectivity index (χ4n) is 1.57. The van der Waals surface area contributed by atoms with Crippen LogP contribution in [0.3, 0.4) is 0 Å². The standard InChI is InChI=1S/C13H28/c1-6-7-8-9-12(2)10-11-13(3,4)5/h12H,6-11H2,1-5H3. The minimum absolute atomic E-state index is 0.527. The lowest BCUT2D eigenvalue weighted by molar-refractivity contribution is 0.319. The molecule has 1 atom stereocenters. The highest BCUT2D eigenvalue weighted by Crippen LogP contribution is 2.25. The molecule has 0 saturated heterocycles. The fourth-order valence-corrected chi connectivity index (χ4v) is 1.57. The third-order valence-corrected chi connectivity index (χ3v) is 2.69. The van der Waals surface area contributed by atoms with Gasteiger partial charge in [0.15, 0.2) is 0 Å². The number of rotatable bonds is 6. The third-order valence-electron chi connectivity index (χ3n) is 2.69. The van der Waals surface area contributed by atoms with E-state index in [0.717, 1.165) is 5.92 Å². The number of unbranched alkanes of at least 4 members (excludes halogenated alkanes) is 2. The van der Waals surface area contributed by atoms with Gasteiger partial charge >= 0.3 is 0 Å². The summed E-state index contributed by atoms with van der Waals surface area (Å²) in [6.45, 7) is 11.7. The van der Waals surface area contributed by atoms with Crippen LogP contribution in [0.4, 0.5) is 0 Å². The summed E-state index contributed by atoms with van der Waals surface area (Å²) in [5.41, 5.74) is 0.527. The Balaban J connectivity index is 3.35. The summed E-state index contributed by atoms with van der Waals surface area (Å²) in [6, 6.07) is 0. The zero-order valence-corrected chi connectivity index (χ0v) is 10.3. The molecule has 0 heterocycles. The zero-order chi connectivity index (χ0) is 10.3. The van der Waals surface area contributed by atoms with E-state index in [-0.39, 0.29) is 0 Å². The van der Waals surface area contributed by atoms with Gasteiger partial charge in [-0.3, -0.25) is 0 Å². The van der Waals surface area contributed by atoms with Crippen LogP contribution in [0.2, 0.25) is 0 Å². The third kappa shape index (κ3) is 9.92. The Hall–Kier alpha value is 0. The monoisotopic (exact) mass is 184 g/mol. The van der Waals surface area contributed by atoms with E-state index in [0.29, 0.717) is 5.41 Å². The highest BCUT2D eigenvalue weighted by atomic mass is 14.2. The van der Waals surface area contributed by atoms with Crippen molar-refractivity contribution in [3.05, 3.63) is 0 Å². The van der Waals surface area contributed by atoms with Crippen LogP contribution in [0.15, 0.2) is 0 Å². The first-order valence-electron chi connectivity index (χ1n) is 5.95. The molecule has 0 radical (unpaired) electrons. The molecule has 0 aliphatic rings. The molecule has 13 heavy (non-hydrogen) atoms. The van der Waals surface area contributed by atoms with E-state index in [2.05, 4.69) is 34.6 Å². The molecule has 80 valence electrons. The number of hydrogen-bond donors (Lipinski definition) is 0. The quantitative estimate of drug-likeness (QED) is 0.508. The lowest BCUT2D eigenvalue weighted by Gasteiger charge is -2.20. The maximum atomic E-state index is 2.40. The van der Waals surface area contributed by atoms with Gasteiger partial charge in [-0.15, -0.1) is 0 Å². The molecule has 0 rings (SSSR count). The molecule has 0 spiro atoms. The summed E-state index contributed by atoms with van der Waals surface area (Å²) in [5.74, 6) is 0.936. The average Bonchev–Trinajstić information content (AvgIpc) is 2.00. The van der Waals surface area contributed by atoms with Crippen molar-refractivity contribution in [2.75, 3.05) is 0 Å². The van der Waals surface area contributed by atoms with Crippen molar-refractivity contribution in [3.63, 3.8) is 0 Å². The van der Waals surface area contributed by atoms with Crippen LogP contribution in [0.25, 0.3) is 0 Å². The first-order valence-corrected chi connectivity index (χ1v) is 5.95. The van der Waals surface area contributed by atoms with Crippen LogP contribution in [0.1, 0.15) is 73.1 Å². The zero-order valence-electron chi connectivity index (χ0n) is 10.3. The normalized spacial score (nSPS) is 14.5. The van der Waals surface area contributed by atoms with Crippen LogP contribution in [0, 0.1) is 11.3 Å². The minimum Gasteiger partial charge on any atom is -0.0654 e. The van der Waals surface area contributed by atoms with Crippen molar-refractivity contribution in [1.29, 1.82) is 0 Å². The molecule has 0 aliphatic carbocycles. The Morgan fingerprint density at radius 2 is 1.62 bits per heavy atom. The van der Waals surface area contributed by atoms with Crippen molar-refractivity contribution in [2.24, 2.45) is 11.3 Å². The SMILES string of the molecule is CCCCCC(C)CCC(C)(C)C. The van der Waals surface area contributed by atoms with Crippen LogP contribution in [-0.4, -0.2) is 0 Å². The largest absolute Gasteiger partial charge is 0.0654 e. The molecule has 0 heteroatoms. The van der Waals surface area contributed by atoms with Gasteiger partial charge in [-0.1, -0.05) is 66.7 Å². The van der Waals surface area contributed by atoms with E-state index in [9.17, 15) is 0 Å². The molecule has 0 amide bonds. The molecule has 0 saturated carbocycles. The van der Waals surface area contributed by atoms with Gasteiger partial charge in [-0.25, -0.2) is 0 Å². The van der Waals surface area contributed by atoms with Gasteiger partial charge < -0.3 is 0 Å². The highest BCUT2D eigenvalue weighted by Gasteiger charge is 2.11. The molecule has 0 aromatic heterocycles. The Morgan fingerprint density at radius 1 is 1.00 bits per heavy atom. The van der Waals surface area contributed by atoms with Gasteiger partial charge in [0.1, 0.15) is 0 Å². The molecule has 1 unspecified atom stereocenters. The van der Waals surface area contributed by atoms with Crippen molar-refractivity contribution in [2.45, 2.75) is 73.1 Å². The van der Waals surface area contributed by atoms with Gasteiger partial charge in [0.2, 0.25) is 0 Å². The fraction of sp³-hybridized carbons (Fsp3) is 1.00. The van der Waals surface area contributed by atoms with E-state index in [1.54, 1.807) is 0 Å². The van der Waals surface area contributed by atoms with Crippen LogP contribution in [0.5, 0.6) is 0 Å². The smallest absolute Gasteiger partial charge is 0.0383 e. The number of hydrogen-bond acceptors (Lipinski definition) is 0. The van der Waals surface area contributed by atoms with Crippen LogP contribution >= 0.6 is 0 Å². The first-order chi connectivity index (χ1) is 5.95. The maximum Gasteiger partial charge on any atom is -0.0383 e. The second kappa shape index (κ2) is 6.45. The molecule has 0 fully saturated rings. The van der Waals surface area contributed by atoms with E-state index >= 15 is 0 Å². The topological polar surface area (TPSA) is 0 Å². The van der Waals surface area contributed by atoms with Crippen LogP contribution in [-0.2, 0) is 0 Å². The first kappa shape index (κ1) is 13.0. The average molecular weight is 184 g/mol. The molecule has 0 N–H and O–H groups in total. The van der Waals surface area contributed by atoms with Crippen molar-refractivity contribution in [1.82, 2.24) is 0 Å². The highest BCUT2D eigenvalue weighted by molar-refractivity contribution is 4.64. The van der Waals surface area contributed by atoms with Crippen molar-refractivity contribution >= 4 is 0 Å². The van der Waals surface area contributed by atoms with Gasteiger partial charge in [-0.2, -0.15) is 0 Å². The molecular formula is C13H28. The second-order valence-electron chi connectivity index (χ2n) is 5.70. The Morgan fingerprint density at radius 3 is 2.08 bits per heavy atom. The van der Waals surface area contributed by atoms with E-state index < -0.39 is 0 Å². The van der Waals surface area contributed by atoms with E-state index in [4.69, 9.17) is 0 Å². The summed E-state index contributed by atoms with van der Waals surface area (Å²) >= 11 is 0. The van der Waals surface area contributed by atoms with Gasteiger partial charge in [0, 0.05) is 0 Å². The summed E-state index contributed by atoms with van der Waals surface area (Å²) in [7, 11) is 0. The maximum absolute atomic E-state index is 2.40. The molecule has 0 nitrogen and oxygen atoms in total. The molecule has 0 bridgehead atoms. The second-order valence-corrected chi connectivity index (χ2v) is 5.70. The predicted octanol–water partition coefficient (Wildman–Crippen LogP) is 5.03. The molecule has 0 aromatic rings. The van der Waals surface area contributed by atoms with Crippen LogP contribution < -0.4 is 0 Å². The van der Waals surface area contributed by atoms with Gasteiger partial charge in [-0.05, 0) is 17.8 Å². The lowest BCUT2D eigenvalue weighted by Crippen LogP contribution is -2.07. The molecule has 0 aliphatic heterocycles. The van der Waals surface area contributed by atoms with Crippen molar-refractivity contribution < 1.29 is 0 Å². The van der Waals surface area contributed by atoms with E-state index in [1.165, 1.54) is 38.5 Å². The molecule has 0 aromatic carbocycles. The predicted molar refractivity (Wildman–Crippen MR) is 62.0 cm³/mol. The van der Waals surface area contributed by atoms with Gasteiger partial charge in [0.25, 0.3) is 0 Å². The Kier molecular flexibility index (Phi) is 6.45.